The van der Waals surface area contributed by atoms with Gasteiger partial charge in [-0.15, -0.1) is 0 Å². The molecule has 1 amide bonds. The fourth-order valence-electron chi connectivity index (χ4n) is 3.42. The van der Waals surface area contributed by atoms with Crippen LogP contribution in [0, 0.1) is 6.92 Å². The zero-order chi connectivity index (χ0) is 21.1. The Bertz CT molecular complexity index is 1120. The lowest BCUT2D eigenvalue weighted by molar-refractivity contribution is 0.0954. The van der Waals surface area contributed by atoms with Crippen molar-refractivity contribution in [3.05, 3.63) is 87.9 Å². The minimum Gasteiger partial charge on any atom is -0.352 e. The van der Waals surface area contributed by atoms with Gasteiger partial charge in [-0.1, -0.05) is 60.1 Å². The van der Waals surface area contributed by atoms with E-state index in [1.54, 1.807) is 11.8 Å². The zero-order valence-electron chi connectivity index (χ0n) is 17.0. The molecule has 3 nitrogen and oxygen atoms in total. The molecule has 0 saturated carbocycles. The zero-order valence-corrected chi connectivity index (χ0v) is 18.6. The van der Waals surface area contributed by atoms with Crippen molar-refractivity contribution in [2.24, 2.45) is 4.99 Å². The van der Waals surface area contributed by atoms with Crippen molar-refractivity contribution in [1.29, 1.82) is 0 Å². The van der Waals surface area contributed by atoms with Gasteiger partial charge < -0.3 is 5.32 Å². The molecular formula is C25H23ClN2OS. The highest BCUT2D eigenvalue weighted by Gasteiger charge is 2.18. The summed E-state index contributed by atoms with van der Waals surface area (Å²) in [5.74, 6) is -0.0760. The Morgan fingerprint density at radius 2 is 1.80 bits per heavy atom. The second-order valence-corrected chi connectivity index (χ2v) is 8.85. The van der Waals surface area contributed by atoms with Crippen LogP contribution in [0.25, 0.3) is 0 Å². The van der Waals surface area contributed by atoms with Crippen molar-refractivity contribution in [2.75, 3.05) is 6.54 Å². The van der Waals surface area contributed by atoms with Crippen LogP contribution in [0.15, 0.2) is 75.4 Å². The SMILES string of the molecule is CCC1=Nc2cc(C(=O)NCCc3ccc(C)cc3)ccc2Sc2ccc(Cl)cc21. The molecular weight excluding hydrogens is 412 g/mol. The molecule has 0 atom stereocenters. The number of nitrogens with one attached hydrogen (secondary N) is 1. The number of carbonyl (C=O) groups excluding carboxylic acids is 1. The number of nitrogens with zero attached hydrogens (tertiary/aromatic N) is 1. The second kappa shape index (κ2) is 9.07. The molecule has 5 heteroatoms. The van der Waals surface area contributed by atoms with Gasteiger partial charge in [-0.2, -0.15) is 0 Å². The number of hydrogen-bond acceptors (Lipinski definition) is 3. The van der Waals surface area contributed by atoms with Gasteiger partial charge in [0, 0.05) is 38.2 Å². The summed E-state index contributed by atoms with van der Waals surface area (Å²) >= 11 is 7.88. The maximum atomic E-state index is 12.7. The van der Waals surface area contributed by atoms with E-state index in [0.717, 1.165) is 39.6 Å². The van der Waals surface area contributed by atoms with E-state index in [0.29, 0.717) is 17.1 Å². The van der Waals surface area contributed by atoms with Crippen molar-refractivity contribution in [1.82, 2.24) is 5.32 Å². The summed E-state index contributed by atoms with van der Waals surface area (Å²) in [7, 11) is 0. The first-order chi connectivity index (χ1) is 14.5. The Balaban J connectivity index is 1.52. The molecule has 0 unspecified atom stereocenters. The Morgan fingerprint density at radius 1 is 1.03 bits per heavy atom. The summed E-state index contributed by atoms with van der Waals surface area (Å²) in [6, 6.07) is 20.0. The summed E-state index contributed by atoms with van der Waals surface area (Å²) in [6.45, 7) is 4.75. The molecule has 4 rings (SSSR count). The Morgan fingerprint density at radius 3 is 2.57 bits per heavy atom. The van der Waals surface area contributed by atoms with Crippen LogP contribution in [0.3, 0.4) is 0 Å². The van der Waals surface area contributed by atoms with Crippen LogP contribution < -0.4 is 5.32 Å². The molecule has 3 aromatic carbocycles. The Hall–Kier alpha value is -2.56. The molecule has 0 bridgehead atoms. The topological polar surface area (TPSA) is 41.5 Å². The predicted octanol–water partition coefficient (Wildman–Crippen LogP) is 6.62. The van der Waals surface area contributed by atoms with E-state index in [1.165, 1.54) is 11.1 Å². The lowest BCUT2D eigenvalue weighted by atomic mass is 10.1. The van der Waals surface area contributed by atoms with Crippen LogP contribution in [-0.2, 0) is 6.42 Å². The van der Waals surface area contributed by atoms with Gasteiger partial charge in [0.2, 0.25) is 0 Å². The number of aliphatic imine (C=N–C) groups is 1. The lowest BCUT2D eigenvalue weighted by Gasteiger charge is -2.09. The minimum atomic E-state index is -0.0760. The minimum absolute atomic E-state index is 0.0760. The second-order valence-electron chi connectivity index (χ2n) is 7.33. The van der Waals surface area contributed by atoms with Crippen molar-refractivity contribution in [3.8, 4) is 0 Å². The molecule has 3 aromatic rings. The summed E-state index contributed by atoms with van der Waals surface area (Å²) in [5.41, 5.74) is 5.96. The average Bonchev–Trinajstić information content (AvgIpc) is 2.90. The first-order valence-electron chi connectivity index (χ1n) is 10.1. The number of benzene rings is 3. The van der Waals surface area contributed by atoms with Crippen LogP contribution in [0.1, 0.15) is 40.4 Å². The monoisotopic (exact) mass is 434 g/mol. The highest BCUT2D eigenvalue weighted by atomic mass is 35.5. The first-order valence-corrected chi connectivity index (χ1v) is 11.3. The highest BCUT2D eigenvalue weighted by molar-refractivity contribution is 7.99. The van der Waals surface area contributed by atoms with E-state index < -0.39 is 0 Å². The molecule has 0 aliphatic carbocycles. The molecule has 1 heterocycles. The normalized spacial score (nSPS) is 12.4. The largest absolute Gasteiger partial charge is 0.352 e. The van der Waals surface area contributed by atoms with Gasteiger partial charge >= 0.3 is 0 Å². The number of aryl methyl sites for hydroxylation is 1. The molecule has 1 aliphatic heterocycles. The van der Waals surface area contributed by atoms with Gasteiger partial charge in [-0.25, -0.2) is 0 Å². The van der Waals surface area contributed by atoms with Crippen molar-refractivity contribution in [3.63, 3.8) is 0 Å². The number of halogens is 1. The van der Waals surface area contributed by atoms with Crippen molar-refractivity contribution in [2.45, 2.75) is 36.5 Å². The fourth-order valence-corrected chi connectivity index (χ4v) is 4.60. The van der Waals surface area contributed by atoms with Crippen LogP contribution in [-0.4, -0.2) is 18.2 Å². The molecule has 30 heavy (non-hydrogen) atoms. The molecule has 0 aromatic heterocycles. The molecule has 152 valence electrons. The first kappa shape index (κ1) is 20.7. The van der Waals surface area contributed by atoms with Gasteiger partial charge in [0.25, 0.3) is 5.91 Å². The van der Waals surface area contributed by atoms with Crippen molar-refractivity contribution < 1.29 is 4.79 Å². The summed E-state index contributed by atoms with van der Waals surface area (Å²) in [4.78, 5) is 19.7. The quantitative estimate of drug-likeness (QED) is 0.490. The number of hydrogen-bond donors (Lipinski definition) is 1. The van der Waals surface area contributed by atoms with E-state index in [2.05, 4.69) is 43.4 Å². The maximum Gasteiger partial charge on any atom is 0.251 e. The van der Waals surface area contributed by atoms with Gasteiger partial charge in [0.1, 0.15) is 0 Å². The van der Waals surface area contributed by atoms with E-state index in [-0.39, 0.29) is 5.91 Å². The van der Waals surface area contributed by atoms with Crippen molar-refractivity contribution >= 4 is 40.7 Å². The third kappa shape index (κ3) is 4.61. The lowest BCUT2D eigenvalue weighted by Crippen LogP contribution is -2.25. The number of amides is 1. The summed E-state index contributed by atoms with van der Waals surface area (Å²) < 4.78 is 0. The maximum absolute atomic E-state index is 12.7. The van der Waals surface area contributed by atoms with Crippen LogP contribution in [0.5, 0.6) is 0 Å². The highest BCUT2D eigenvalue weighted by Crippen LogP contribution is 2.41. The van der Waals surface area contributed by atoms with E-state index >= 15 is 0 Å². The number of carbonyl (C=O) groups is 1. The molecule has 0 fully saturated rings. The average molecular weight is 435 g/mol. The van der Waals surface area contributed by atoms with Crippen LogP contribution in [0.2, 0.25) is 5.02 Å². The molecule has 1 aliphatic rings. The molecule has 0 radical (unpaired) electrons. The van der Waals surface area contributed by atoms with E-state index in [1.807, 2.05) is 36.4 Å². The Labute approximate surface area is 186 Å². The predicted molar refractivity (Wildman–Crippen MR) is 126 cm³/mol. The van der Waals surface area contributed by atoms with Crippen LogP contribution in [0.4, 0.5) is 5.69 Å². The van der Waals surface area contributed by atoms with E-state index in [4.69, 9.17) is 16.6 Å². The molecule has 0 spiro atoms. The van der Waals surface area contributed by atoms with Gasteiger partial charge in [-0.3, -0.25) is 9.79 Å². The van der Waals surface area contributed by atoms with E-state index in [9.17, 15) is 4.79 Å². The summed E-state index contributed by atoms with van der Waals surface area (Å²) in [6.07, 6.45) is 1.60. The summed E-state index contributed by atoms with van der Waals surface area (Å²) in [5, 5.41) is 3.73. The van der Waals surface area contributed by atoms with Gasteiger partial charge in [-0.05, 0) is 61.7 Å². The standard InChI is InChI=1S/C25H23ClN2OS/c1-3-21-20-15-19(26)9-11-23(20)30-24-10-8-18(14-22(24)28-21)25(29)27-13-12-17-6-4-16(2)5-7-17/h4-11,14-15H,3,12-13H2,1-2H3,(H,27,29). The van der Waals surface area contributed by atoms with Gasteiger partial charge in [0.05, 0.1) is 5.69 Å². The Kier molecular flexibility index (Phi) is 6.26. The fraction of sp³-hybridized carbons (Fsp3) is 0.200. The number of rotatable bonds is 5. The van der Waals surface area contributed by atoms with Crippen LogP contribution >= 0.6 is 23.4 Å². The van der Waals surface area contributed by atoms with Gasteiger partial charge in [0.15, 0.2) is 0 Å². The third-order valence-corrected chi connectivity index (χ3v) is 6.48. The number of fused-ring (bicyclic) bond motifs is 2. The molecule has 1 N–H and O–H groups in total. The molecule has 0 saturated heterocycles. The smallest absolute Gasteiger partial charge is 0.251 e. The third-order valence-electron chi connectivity index (χ3n) is 5.10.